The van der Waals surface area contributed by atoms with Crippen LogP contribution in [0.4, 0.5) is 0 Å². The first-order valence-corrected chi connectivity index (χ1v) is 4.97. The normalized spacial score (nSPS) is 11.9. The van der Waals surface area contributed by atoms with E-state index in [2.05, 4.69) is 12.6 Å². The van der Waals surface area contributed by atoms with Crippen LogP contribution >= 0.6 is 24.2 Å². The van der Waals surface area contributed by atoms with E-state index in [4.69, 9.17) is 22.0 Å². The lowest BCUT2D eigenvalue weighted by Crippen LogP contribution is -2.07. The van der Waals surface area contributed by atoms with E-state index in [1.54, 1.807) is 13.0 Å². The molecule has 5 heteroatoms. The van der Waals surface area contributed by atoms with E-state index in [0.29, 0.717) is 21.7 Å². The maximum atomic E-state index is 10.8. The van der Waals surface area contributed by atoms with Gasteiger partial charge >= 0.3 is 5.97 Å². The Labute approximate surface area is 97.7 Å². The third-order valence-electron chi connectivity index (χ3n) is 1.97. The summed E-state index contributed by atoms with van der Waals surface area (Å²) in [4.78, 5) is 10.8. The number of aryl methyl sites for hydroxylation is 1. The molecule has 1 rings (SSSR count). The fourth-order valence-corrected chi connectivity index (χ4v) is 1.76. The number of carbonyl (C=O) groups is 1. The van der Waals surface area contributed by atoms with Gasteiger partial charge in [0.15, 0.2) is 0 Å². The quantitative estimate of drug-likeness (QED) is 0.783. The van der Waals surface area contributed by atoms with Crippen LogP contribution < -0.4 is 0 Å². The SMILES string of the molecule is Cc1cc(Cl)cc([C@@H](S)C(=O)O)c1C#N. The highest BCUT2D eigenvalue weighted by Crippen LogP contribution is 2.29. The Hall–Kier alpha value is -1.18. The second-order valence-corrected chi connectivity index (χ2v) is 3.99. The first kappa shape index (κ1) is 11.9. The number of carboxylic acids is 1. The Morgan fingerprint density at radius 1 is 1.67 bits per heavy atom. The molecule has 1 atom stereocenters. The molecule has 0 aromatic heterocycles. The second kappa shape index (κ2) is 4.56. The molecule has 0 fully saturated rings. The highest BCUT2D eigenvalue weighted by molar-refractivity contribution is 7.81. The smallest absolute Gasteiger partial charge is 0.320 e. The summed E-state index contributed by atoms with van der Waals surface area (Å²) in [6.07, 6.45) is 0. The van der Waals surface area contributed by atoms with Crippen LogP contribution in [0.25, 0.3) is 0 Å². The summed E-state index contributed by atoms with van der Waals surface area (Å²) in [5, 5.41) is 17.1. The highest BCUT2D eigenvalue weighted by atomic mass is 35.5. The van der Waals surface area contributed by atoms with Crippen LogP contribution in [0, 0.1) is 18.3 Å². The zero-order valence-electron chi connectivity index (χ0n) is 7.86. The molecular formula is C10H8ClNO2S. The van der Waals surface area contributed by atoms with Crippen LogP contribution in [0.1, 0.15) is 21.9 Å². The molecular weight excluding hydrogens is 234 g/mol. The molecule has 0 saturated carbocycles. The number of halogens is 1. The molecule has 1 N–H and O–H groups in total. The minimum atomic E-state index is -1.10. The van der Waals surface area contributed by atoms with Gasteiger partial charge in [0.1, 0.15) is 5.25 Å². The first-order chi connectivity index (χ1) is 6.97. The number of nitriles is 1. The number of aliphatic carboxylic acids is 1. The van der Waals surface area contributed by atoms with Crippen molar-refractivity contribution in [3.8, 4) is 6.07 Å². The van der Waals surface area contributed by atoms with Crippen molar-refractivity contribution in [1.82, 2.24) is 0 Å². The molecule has 78 valence electrons. The lowest BCUT2D eigenvalue weighted by Gasteiger charge is -2.10. The Morgan fingerprint density at radius 2 is 2.27 bits per heavy atom. The van der Waals surface area contributed by atoms with Gasteiger partial charge in [-0.25, -0.2) is 0 Å². The van der Waals surface area contributed by atoms with E-state index in [1.165, 1.54) is 6.07 Å². The highest BCUT2D eigenvalue weighted by Gasteiger charge is 2.20. The van der Waals surface area contributed by atoms with E-state index < -0.39 is 11.2 Å². The third kappa shape index (κ3) is 2.44. The molecule has 1 aromatic carbocycles. The van der Waals surface area contributed by atoms with Crippen LogP contribution in [0.2, 0.25) is 5.02 Å². The first-order valence-electron chi connectivity index (χ1n) is 4.08. The van der Waals surface area contributed by atoms with E-state index in [1.807, 2.05) is 6.07 Å². The Kier molecular flexibility index (Phi) is 3.61. The predicted molar refractivity (Wildman–Crippen MR) is 60.3 cm³/mol. The Balaban J connectivity index is 3.40. The summed E-state index contributed by atoms with van der Waals surface area (Å²) in [6.45, 7) is 1.70. The van der Waals surface area contributed by atoms with E-state index in [-0.39, 0.29) is 0 Å². The second-order valence-electron chi connectivity index (χ2n) is 3.04. The summed E-state index contributed by atoms with van der Waals surface area (Å²) >= 11 is 9.71. The van der Waals surface area contributed by atoms with Crippen LogP contribution in [-0.4, -0.2) is 11.1 Å². The lowest BCUT2D eigenvalue weighted by molar-refractivity contribution is -0.136. The van der Waals surface area contributed by atoms with Crippen molar-refractivity contribution in [3.05, 3.63) is 33.8 Å². The van der Waals surface area contributed by atoms with Gasteiger partial charge in [0.25, 0.3) is 0 Å². The third-order valence-corrected chi connectivity index (χ3v) is 2.69. The maximum Gasteiger partial charge on any atom is 0.320 e. The number of hydrogen-bond donors (Lipinski definition) is 2. The van der Waals surface area contributed by atoms with Crippen LogP contribution in [0.15, 0.2) is 12.1 Å². The number of thiol groups is 1. The molecule has 0 aliphatic rings. The zero-order chi connectivity index (χ0) is 11.6. The topological polar surface area (TPSA) is 61.1 Å². The van der Waals surface area contributed by atoms with Crippen molar-refractivity contribution in [3.63, 3.8) is 0 Å². The van der Waals surface area contributed by atoms with Crippen molar-refractivity contribution < 1.29 is 9.90 Å². The van der Waals surface area contributed by atoms with Gasteiger partial charge < -0.3 is 5.11 Å². The van der Waals surface area contributed by atoms with Crippen LogP contribution in [0.5, 0.6) is 0 Å². The lowest BCUT2D eigenvalue weighted by atomic mass is 10.0. The number of nitrogens with zero attached hydrogens (tertiary/aromatic N) is 1. The molecule has 0 spiro atoms. The Bertz CT molecular complexity index is 453. The fourth-order valence-electron chi connectivity index (χ4n) is 1.27. The van der Waals surface area contributed by atoms with Gasteiger partial charge in [-0.05, 0) is 30.2 Å². The molecule has 1 aromatic rings. The fraction of sp³-hybridized carbons (Fsp3) is 0.200. The molecule has 0 radical (unpaired) electrons. The van der Waals surface area contributed by atoms with Gasteiger partial charge in [-0.3, -0.25) is 4.79 Å². The molecule has 0 amide bonds. The molecule has 0 aliphatic heterocycles. The molecule has 0 saturated heterocycles. The molecule has 0 bridgehead atoms. The molecule has 0 heterocycles. The minimum Gasteiger partial charge on any atom is -0.480 e. The number of hydrogen-bond acceptors (Lipinski definition) is 3. The van der Waals surface area contributed by atoms with E-state index in [0.717, 1.165) is 0 Å². The summed E-state index contributed by atoms with van der Waals surface area (Å²) in [6, 6.07) is 5.03. The number of carboxylic acid groups (broad SMARTS) is 1. The summed E-state index contributed by atoms with van der Waals surface area (Å²) in [5.74, 6) is -1.10. The molecule has 15 heavy (non-hydrogen) atoms. The van der Waals surface area contributed by atoms with Gasteiger partial charge in [0, 0.05) is 5.02 Å². The van der Waals surface area contributed by atoms with Gasteiger partial charge in [0.05, 0.1) is 11.6 Å². The standard InChI is InChI=1S/C10H8ClNO2S/c1-5-2-6(11)3-7(8(5)4-12)9(15)10(13)14/h2-3,9,15H,1H3,(H,13,14)/t9-/m1/s1. The molecule has 0 aliphatic carbocycles. The van der Waals surface area contributed by atoms with Gasteiger partial charge in [0.2, 0.25) is 0 Å². The van der Waals surface area contributed by atoms with Gasteiger partial charge in [-0.2, -0.15) is 17.9 Å². The predicted octanol–water partition coefficient (Wildman–Crippen LogP) is 2.58. The average molecular weight is 242 g/mol. The van der Waals surface area contributed by atoms with Crippen molar-refractivity contribution in [2.24, 2.45) is 0 Å². The number of rotatable bonds is 2. The van der Waals surface area contributed by atoms with E-state index in [9.17, 15) is 4.79 Å². The van der Waals surface area contributed by atoms with Gasteiger partial charge in [-0.15, -0.1) is 0 Å². The maximum absolute atomic E-state index is 10.8. The van der Waals surface area contributed by atoms with Crippen molar-refractivity contribution >= 4 is 30.2 Å². The zero-order valence-corrected chi connectivity index (χ0v) is 9.51. The van der Waals surface area contributed by atoms with Crippen molar-refractivity contribution in [1.29, 1.82) is 5.26 Å². The van der Waals surface area contributed by atoms with E-state index >= 15 is 0 Å². The average Bonchev–Trinajstić information content (AvgIpc) is 2.15. The van der Waals surface area contributed by atoms with Crippen molar-refractivity contribution in [2.75, 3.05) is 0 Å². The monoisotopic (exact) mass is 241 g/mol. The van der Waals surface area contributed by atoms with Crippen LogP contribution in [-0.2, 0) is 4.79 Å². The summed E-state index contributed by atoms with van der Waals surface area (Å²) in [7, 11) is 0. The summed E-state index contributed by atoms with van der Waals surface area (Å²) < 4.78 is 0. The Morgan fingerprint density at radius 3 is 2.73 bits per heavy atom. The van der Waals surface area contributed by atoms with Crippen LogP contribution in [0.3, 0.4) is 0 Å². The largest absolute Gasteiger partial charge is 0.480 e. The van der Waals surface area contributed by atoms with Gasteiger partial charge in [-0.1, -0.05) is 11.6 Å². The molecule has 0 unspecified atom stereocenters. The molecule has 3 nitrogen and oxygen atoms in total. The number of benzene rings is 1. The van der Waals surface area contributed by atoms with Crippen molar-refractivity contribution in [2.45, 2.75) is 12.2 Å². The minimum absolute atomic E-state index is 0.321. The summed E-state index contributed by atoms with van der Waals surface area (Å²) in [5.41, 5.74) is 1.31.